The number of hydrogen-bond donors (Lipinski definition) is 2. The first-order valence-electron chi connectivity index (χ1n) is 3.78. The van der Waals surface area contributed by atoms with Crippen LogP contribution in [0.5, 0.6) is 0 Å². The molecule has 70 valence electrons. The van der Waals surface area contributed by atoms with Gasteiger partial charge in [0.15, 0.2) is 0 Å². The Labute approximate surface area is 84.7 Å². The molecular weight excluding hydrogens is 234 g/mol. The standard InChI is InChI=1S/C8H10BrN3O/c1-5(10)8(13)12-6-3-2-4-11-7(6)9/h2-5H,10H2,1H3,(H,12,13). The molecule has 0 bridgehead atoms. The van der Waals surface area contributed by atoms with Gasteiger partial charge in [-0.1, -0.05) is 0 Å². The lowest BCUT2D eigenvalue weighted by atomic mass is 10.3. The van der Waals surface area contributed by atoms with Crippen LogP contribution >= 0.6 is 15.9 Å². The van der Waals surface area contributed by atoms with E-state index in [0.29, 0.717) is 10.3 Å². The third-order valence-electron chi connectivity index (χ3n) is 1.43. The topological polar surface area (TPSA) is 68.0 Å². The number of nitrogens with zero attached hydrogens (tertiary/aromatic N) is 1. The summed E-state index contributed by atoms with van der Waals surface area (Å²) < 4.78 is 0.601. The number of carbonyl (C=O) groups excluding carboxylic acids is 1. The summed E-state index contributed by atoms with van der Waals surface area (Å²) in [6.45, 7) is 1.62. The van der Waals surface area contributed by atoms with Gasteiger partial charge < -0.3 is 11.1 Å². The van der Waals surface area contributed by atoms with Crippen LogP contribution in [-0.2, 0) is 4.79 Å². The molecule has 5 heteroatoms. The fraction of sp³-hybridized carbons (Fsp3) is 0.250. The Bertz CT molecular complexity index is 314. The average Bonchev–Trinajstić information content (AvgIpc) is 2.08. The predicted molar refractivity (Wildman–Crippen MR) is 54.2 cm³/mol. The van der Waals surface area contributed by atoms with Crippen LogP contribution in [0.3, 0.4) is 0 Å². The van der Waals surface area contributed by atoms with Gasteiger partial charge in [-0.25, -0.2) is 4.98 Å². The summed E-state index contributed by atoms with van der Waals surface area (Å²) in [7, 11) is 0. The second kappa shape index (κ2) is 4.34. The molecule has 1 amide bonds. The lowest BCUT2D eigenvalue weighted by Crippen LogP contribution is -2.32. The van der Waals surface area contributed by atoms with E-state index in [4.69, 9.17) is 5.73 Å². The van der Waals surface area contributed by atoms with Crippen molar-refractivity contribution in [2.45, 2.75) is 13.0 Å². The van der Waals surface area contributed by atoms with Gasteiger partial charge in [0, 0.05) is 6.20 Å². The van der Waals surface area contributed by atoms with Crippen LogP contribution in [0.25, 0.3) is 0 Å². The Morgan fingerprint density at radius 1 is 1.77 bits per heavy atom. The van der Waals surface area contributed by atoms with E-state index in [1.54, 1.807) is 25.3 Å². The summed E-state index contributed by atoms with van der Waals surface area (Å²) in [6, 6.07) is 2.96. The highest BCUT2D eigenvalue weighted by molar-refractivity contribution is 9.10. The maximum Gasteiger partial charge on any atom is 0.241 e. The van der Waals surface area contributed by atoms with Gasteiger partial charge in [0.25, 0.3) is 0 Å². The molecule has 0 aliphatic heterocycles. The fourth-order valence-electron chi connectivity index (χ4n) is 0.726. The monoisotopic (exact) mass is 243 g/mol. The number of amides is 1. The van der Waals surface area contributed by atoms with Crippen molar-refractivity contribution in [2.24, 2.45) is 5.73 Å². The fourth-order valence-corrected chi connectivity index (χ4v) is 1.08. The number of anilines is 1. The third-order valence-corrected chi connectivity index (χ3v) is 2.06. The van der Waals surface area contributed by atoms with Crippen molar-refractivity contribution in [3.8, 4) is 0 Å². The SMILES string of the molecule is CC(N)C(=O)Nc1cccnc1Br. The third kappa shape index (κ3) is 2.78. The number of rotatable bonds is 2. The smallest absolute Gasteiger partial charge is 0.241 e. The van der Waals surface area contributed by atoms with Crippen molar-refractivity contribution >= 4 is 27.5 Å². The molecule has 1 unspecified atom stereocenters. The molecule has 0 saturated carbocycles. The molecule has 1 heterocycles. The minimum absolute atomic E-state index is 0.228. The normalized spacial score (nSPS) is 12.2. The van der Waals surface area contributed by atoms with E-state index in [9.17, 15) is 4.79 Å². The highest BCUT2D eigenvalue weighted by Crippen LogP contribution is 2.17. The van der Waals surface area contributed by atoms with Crippen molar-refractivity contribution in [2.75, 3.05) is 5.32 Å². The number of aromatic nitrogens is 1. The molecule has 0 aliphatic rings. The van der Waals surface area contributed by atoms with Crippen LogP contribution in [0.4, 0.5) is 5.69 Å². The molecule has 3 N–H and O–H groups in total. The number of hydrogen-bond acceptors (Lipinski definition) is 3. The van der Waals surface area contributed by atoms with Gasteiger partial charge in [-0.3, -0.25) is 4.79 Å². The van der Waals surface area contributed by atoms with Gasteiger partial charge in [0.2, 0.25) is 5.91 Å². The molecule has 0 fully saturated rings. The zero-order valence-corrected chi connectivity index (χ0v) is 8.71. The number of nitrogens with two attached hydrogens (primary N) is 1. The van der Waals surface area contributed by atoms with Gasteiger partial charge in [-0.2, -0.15) is 0 Å². The number of carbonyl (C=O) groups is 1. The van der Waals surface area contributed by atoms with Gasteiger partial charge in [-0.05, 0) is 35.0 Å². The molecule has 13 heavy (non-hydrogen) atoms. The number of nitrogens with one attached hydrogen (secondary N) is 1. The second-order valence-corrected chi connectivity index (χ2v) is 3.37. The van der Waals surface area contributed by atoms with Gasteiger partial charge in [0.05, 0.1) is 11.7 Å². The minimum atomic E-state index is -0.521. The van der Waals surface area contributed by atoms with Crippen LogP contribution in [0, 0.1) is 0 Å². The molecule has 0 aromatic carbocycles. The Hall–Kier alpha value is -0.940. The summed E-state index contributed by atoms with van der Waals surface area (Å²) >= 11 is 3.21. The van der Waals surface area contributed by atoms with Crippen molar-refractivity contribution in [3.63, 3.8) is 0 Å². The molecule has 0 saturated heterocycles. The summed E-state index contributed by atoms with van der Waals surface area (Å²) in [5, 5.41) is 2.64. The lowest BCUT2D eigenvalue weighted by Gasteiger charge is -2.07. The van der Waals surface area contributed by atoms with Gasteiger partial charge in [0.1, 0.15) is 4.60 Å². The molecule has 0 aliphatic carbocycles. The summed E-state index contributed by atoms with van der Waals surface area (Å²) in [6.07, 6.45) is 1.63. The minimum Gasteiger partial charge on any atom is -0.322 e. The molecule has 0 radical (unpaired) electrons. The van der Waals surface area contributed by atoms with E-state index in [-0.39, 0.29) is 5.91 Å². The molecule has 1 atom stereocenters. The predicted octanol–water partition coefficient (Wildman–Crippen LogP) is 1.13. The average molecular weight is 244 g/mol. The van der Waals surface area contributed by atoms with Crippen molar-refractivity contribution in [3.05, 3.63) is 22.9 Å². The summed E-state index contributed by atoms with van der Waals surface area (Å²) in [5.41, 5.74) is 6.02. The van der Waals surface area contributed by atoms with Crippen molar-refractivity contribution in [1.29, 1.82) is 0 Å². The molecule has 4 nitrogen and oxygen atoms in total. The maximum atomic E-state index is 11.2. The van der Waals surface area contributed by atoms with E-state index in [0.717, 1.165) is 0 Å². The maximum absolute atomic E-state index is 11.2. The Balaban J connectivity index is 2.75. The summed E-state index contributed by atoms with van der Waals surface area (Å²) in [4.78, 5) is 15.1. The quantitative estimate of drug-likeness (QED) is 0.766. The van der Waals surface area contributed by atoms with Crippen LogP contribution in [0.2, 0.25) is 0 Å². The largest absolute Gasteiger partial charge is 0.322 e. The van der Waals surface area contributed by atoms with Gasteiger partial charge in [-0.15, -0.1) is 0 Å². The van der Waals surface area contributed by atoms with E-state index in [1.165, 1.54) is 0 Å². The molecule has 1 aromatic rings. The van der Waals surface area contributed by atoms with E-state index < -0.39 is 6.04 Å². The van der Waals surface area contributed by atoms with E-state index in [2.05, 4.69) is 26.2 Å². The molecule has 0 spiro atoms. The first-order valence-corrected chi connectivity index (χ1v) is 4.57. The van der Waals surface area contributed by atoms with Crippen LogP contribution in [-0.4, -0.2) is 16.9 Å². The first-order chi connectivity index (χ1) is 6.11. The van der Waals surface area contributed by atoms with Crippen LogP contribution in [0.15, 0.2) is 22.9 Å². The highest BCUT2D eigenvalue weighted by Gasteiger charge is 2.09. The van der Waals surface area contributed by atoms with Crippen molar-refractivity contribution < 1.29 is 4.79 Å². The Morgan fingerprint density at radius 2 is 2.46 bits per heavy atom. The van der Waals surface area contributed by atoms with Crippen LogP contribution < -0.4 is 11.1 Å². The summed E-state index contributed by atoms with van der Waals surface area (Å²) in [5.74, 6) is -0.228. The molecule has 1 rings (SSSR count). The molecular formula is C8H10BrN3O. The Morgan fingerprint density at radius 3 is 3.00 bits per heavy atom. The van der Waals surface area contributed by atoms with E-state index in [1.807, 2.05) is 0 Å². The lowest BCUT2D eigenvalue weighted by molar-refractivity contribution is -0.117. The first kappa shape index (κ1) is 10.1. The van der Waals surface area contributed by atoms with Gasteiger partial charge >= 0.3 is 0 Å². The zero-order chi connectivity index (χ0) is 9.84. The Kier molecular flexibility index (Phi) is 3.39. The van der Waals surface area contributed by atoms with Crippen molar-refractivity contribution in [1.82, 2.24) is 4.98 Å². The van der Waals surface area contributed by atoms with E-state index >= 15 is 0 Å². The number of halogens is 1. The molecule has 1 aromatic heterocycles. The zero-order valence-electron chi connectivity index (χ0n) is 7.12. The second-order valence-electron chi connectivity index (χ2n) is 2.62. The van der Waals surface area contributed by atoms with Crippen LogP contribution in [0.1, 0.15) is 6.92 Å². The number of pyridine rings is 1. The highest BCUT2D eigenvalue weighted by atomic mass is 79.9.